The number of benzene rings is 1. The zero-order valence-corrected chi connectivity index (χ0v) is 11.7. The maximum absolute atomic E-state index is 11.9. The number of thioether (sulfide) groups is 1. The van der Waals surface area contributed by atoms with E-state index in [1.807, 2.05) is 30.5 Å². The number of amides is 1. The second-order valence-corrected chi connectivity index (χ2v) is 4.83. The van der Waals surface area contributed by atoms with Gasteiger partial charge in [0.1, 0.15) is 0 Å². The Bertz CT molecular complexity index is 569. The molecule has 0 unspecified atom stereocenters. The van der Waals surface area contributed by atoms with E-state index < -0.39 is 0 Å². The molecule has 1 aromatic carbocycles. The molecule has 0 saturated carbocycles. The number of hydrogen-bond acceptors (Lipinski definition) is 5. The molecule has 0 atom stereocenters. The van der Waals surface area contributed by atoms with Crippen molar-refractivity contribution >= 4 is 23.4 Å². The number of anilines is 1. The minimum atomic E-state index is -0.0580. The van der Waals surface area contributed by atoms with Gasteiger partial charge in [-0.3, -0.25) is 4.79 Å². The smallest absolute Gasteiger partial charge is 0.227 e. The number of hydrogen-bond donors (Lipinski definition) is 1. The van der Waals surface area contributed by atoms with Gasteiger partial charge in [-0.25, -0.2) is 0 Å². The first-order chi connectivity index (χ1) is 9.19. The molecule has 0 spiro atoms. The lowest BCUT2D eigenvalue weighted by molar-refractivity contribution is -0.116. The number of nitrogens with one attached hydrogen (secondary N) is 1. The van der Waals surface area contributed by atoms with E-state index in [9.17, 15) is 4.79 Å². The molecule has 2 aromatic rings. The van der Waals surface area contributed by atoms with E-state index >= 15 is 0 Å². The Morgan fingerprint density at radius 1 is 1.42 bits per heavy atom. The first-order valence-electron chi connectivity index (χ1n) is 5.91. The van der Waals surface area contributed by atoms with Crippen LogP contribution >= 0.6 is 11.8 Å². The van der Waals surface area contributed by atoms with Gasteiger partial charge in [-0.15, -0.1) is 11.8 Å². The molecule has 0 aliphatic carbocycles. The van der Waals surface area contributed by atoms with Crippen molar-refractivity contribution in [1.82, 2.24) is 10.1 Å². The third-order valence-corrected chi connectivity index (χ3v) is 3.31. The summed E-state index contributed by atoms with van der Waals surface area (Å²) in [4.78, 5) is 17.0. The van der Waals surface area contributed by atoms with E-state index in [-0.39, 0.29) is 5.91 Å². The minimum Gasteiger partial charge on any atom is -0.339 e. The highest BCUT2D eigenvalue weighted by atomic mass is 32.2. The van der Waals surface area contributed by atoms with Crippen LogP contribution in [0.4, 0.5) is 5.69 Å². The van der Waals surface area contributed by atoms with Crippen LogP contribution in [0, 0.1) is 6.92 Å². The van der Waals surface area contributed by atoms with Gasteiger partial charge >= 0.3 is 0 Å². The lowest BCUT2D eigenvalue weighted by Crippen LogP contribution is -2.13. The molecule has 19 heavy (non-hydrogen) atoms. The summed E-state index contributed by atoms with van der Waals surface area (Å²) in [7, 11) is 0. The molecule has 100 valence electrons. The van der Waals surface area contributed by atoms with Crippen LogP contribution < -0.4 is 5.32 Å². The van der Waals surface area contributed by atoms with Gasteiger partial charge in [-0.05, 0) is 25.3 Å². The van der Waals surface area contributed by atoms with Gasteiger partial charge in [0.15, 0.2) is 5.82 Å². The van der Waals surface area contributed by atoms with E-state index in [2.05, 4.69) is 15.5 Å². The summed E-state index contributed by atoms with van der Waals surface area (Å²) in [6.45, 7) is 1.75. The Hall–Kier alpha value is -1.82. The van der Waals surface area contributed by atoms with E-state index in [0.717, 1.165) is 10.6 Å². The van der Waals surface area contributed by atoms with Crippen molar-refractivity contribution in [3.8, 4) is 0 Å². The molecule has 0 fully saturated rings. The molecule has 1 aromatic heterocycles. The number of aryl methyl sites for hydroxylation is 2. The van der Waals surface area contributed by atoms with Gasteiger partial charge in [0, 0.05) is 17.7 Å². The van der Waals surface area contributed by atoms with Crippen molar-refractivity contribution in [3.63, 3.8) is 0 Å². The standard InChI is InChI=1S/C13H15N3O2S/c1-9-14-13(18-16-9)8-7-12(17)15-10-5-3-4-6-11(10)19-2/h3-6H,7-8H2,1-2H3,(H,15,17). The van der Waals surface area contributed by atoms with Gasteiger partial charge in [-0.1, -0.05) is 17.3 Å². The molecule has 0 saturated heterocycles. The highest BCUT2D eigenvalue weighted by Gasteiger charge is 2.09. The van der Waals surface area contributed by atoms with Crippen LogP contribution in [0.2, 0.25) is 0 Å². The fourth-order valence-corrected chi connectivity index (χ4v) is 2.18. The molecule has 0 radical (unpaired) electrons. The van der Waals surface area contributed by atoms with E-state index in [1.165, 1.54) is 0 Å². The monoisotopic (exact) mass is 277 g/mol. The summed E-state index contributed by atoms with van der Waals surface area (Å²) in [5, 5.41) is 6.57. The molecule has 6 heteroatoms. The highest BCUT2D eigenvalue weighted by Crippen LogP contribution is 2.24. The third kappa shape index (κ3) is 3.82. The highest BCUT2D eigenvalue weighted by molar-refractivity contribution is 7.98. The molecule has 2 rings (SSSR count). The fourth-order valence-electron chi connectivity index (χ4n) is 1.62. The van der Waals surface area contributed by atoms with Crippen molar-refractivity contribution < 1.29 is 9.32 Å². The maximum Gasteiger partial charge on any atom is 0.227 e. The topological polar surface area (TPSA) is 68.0 Å². The Labute approximate surface area is 115 Å². The average molecular weight is 277 g/mol. The molecule has 0 bridgehead atoms. The van der Waals surface area contributed by atoms with Crippen molar-refractivity contribution in [2.45, 2.75) is 24.7 Å². The largest absolute Gasteiger partial charge is 0.339 e. The molecule has 1 amide bonds. The van der Waals surface area contributed by atoms with E-state index in [4.69, 9.17) is 4.52 Å². The van der Waals surface area contributed by atoms with Crippen molar-refractivity contribution in [1.29, 1.82) is 0 Å². The fraction of sp³-hybridized carbons (Fsp3) is 0.308. The molecular formula is C13H15N3O2S. The predicted octanol–water partition coefficient (Wildman–Crippen LogP) is 2.67. The Morgan fingerprint density at radius 2 is 2.21 bits per heavy atom. The quantitative estimate of drug-likeness (QED) is 0.851. The van der Waals surface area contributed by atoms with Crippen LogP contribution in [-0.4, -0.2) is 22.3 Å². The molecular weight excluding hydrogens is 262 g/mol. The molecule has 0 aliphatic heterocycles. The molecule has 0 aliphatic rings. The van der Waals surface area contributed by atoms with Crippen LogP contribution in [0.5, 0.6) is 0 Å². The zero-order valence-electron chi connectivity index (χ0n) is 10.8. The first-order valence-corrected chi connectivity index (χ1v) is 7.13. The normalized spacial score (nSPS) is 10.4. The molecule has 1 heterocycles. The first kappa shape index (κ1) is 13.6. The molecule has 1 N–H and O–H groups in total. The summed E-state index contributed by atoms with van der Waals surface area (Å²) >= 11 is 1.60. The number of nitrogens with zero attached hydrogens (tertiary/aromatic N) is 2. The average Bonchev–Trinajstić information content (AvgIpc) is 2.83. The number of para-hydroxylation sites is 1. The van der Waals surface area contributed by atoms with Gasteiger partial charge in [-0.2, -0.15) is 4.98 Å². The van der Waals surface area contributed by atoms with Crippen LogP contribution in [0.1, 0.15) is 18.1 Å². The van der Waals surface area contributed by atoms with Crippen LogP contribution in [0.3, 0.4) is 0 Å². The summed E-state index contributed by atoms with van der Waals surface area (Å²) in [6.07, 6.45) is 2.75. The lowest BCUT2D eigenvalue weighted by atomic mass is 10.2. The number of carbonyl (C=O) groups is 1. The number of carbonyl (C=O) groups excluding carboxylic acids is 1. The van der Waals surface area contributed by atoms with Crippen LogP contribution in [-0.2, 0) is 11.2 Å². The Kier molecular flexibility index (Phi) is 4.57. The van der Waals surface area contributed by atoms with E-state index in [0.29, 0.717) is 24.6 Å². The minimum absolute atomic E-state index is 0.0580. The summed E-state index contributed by atoms with van der Waals surface area (Å²) in [6, 6.07) is 7.71. The van der Waals surface area contributed by atoms with Gasteiger partial charge in [0.05, 0.1) is 5.69 Å². The van der Waals surface area contributed by atoms with Gasteiger partial charge in [0.2, 0.25) is 11.8 Å². The molecule has 5 nitrogen and oxygen atoms in total. The van der Waals surface area contributed by atoms with Crippen molar-refractivity contribution in [3.05, 3.63) is 36.0 Å². The second kappa shape index (κ2) is 6.38. The summed E-state index contributed by atoms with van der Waals surface area (Å²) in [5.41, 5.74) is 0.835. The lowest BCUT2D eigenvalue weighted by Gasteiger charge is -2.08. The van der Waals surface area contributed by atoms with Crippen molar-refractivity contribution in [2.75, 3.05) is 11.6 Å². The number of rotatable bonds is 5. The SMILES string of the molecule is CSc1ccccc1NC(=O)CCc1nc(C)no1. The Morgan fingerprint density at radius 3 is 2.89 bits per heavy atom. The van der Waals surface area contributed by atoms with Gasteiger partial charge < -0.3 is 9.84 Å². The summed E-state index contributed by atoms with van der Waals surface area (Å²) in [5.74, 6) is 1.02. The maximum atomic E-state index is 11.9. The van der Waals surface area contributed by atoms with E-state index in [1.54, 1.807) is 18.7 Å². The third-order valence-electron chi connectivity index (χ3n) is 2.52. The zero-order chi connectivity index (χ0) is 13.7. The van der Waals surface area contributed by atoms with Crippen molar-refractivity contribution in [2.24, 2.45) is 0 Å². The van der Waals surface area contributed by atoms with Crippen LogP contribution in [0.25, 0.3) is 0 Å². The second-order valence-electron chi connectivity index (χ2n) is 3.98. The van der Waals surface area contributed by atoms with Gasteiger partial charge in [0.25, 0.3) is 0 Å². The van der Waals surface area contributed by atoms with Crippen LogP contribution in [0.15, 0.2) is 33.7 Å². The number of aromatic nitrogens is 2. The Balaban J connectivity index is 1.90. The predicted molar refractivity (Wildman–Crippen MR) is 74.2 cm³/mol. The summed E-state index contributed by atoms with van der Waals surface area (Å²) < 4.78 is 4.96.